The highest BCUT2D eigenvalue weighted by atomic mass is 16.5. The Bertz CT molecular complexity index is 3030. The number of Topliss-reactive ketones (excluding diaryl/α,β-unsaturated/α-hetero) is 2. The fraction of sp³-hybridized carbons (Fsp3) is 0.500. The number of dihydropyridines is 1. The number of carbonyl (C=O) groups excluding carboxylic acids is 2. The number of β-amino-alcohol motifs (C(OH)–C–C–N with tert-alkyl or cyclic N) is 1. The summed E-state index contributed by atoms with van der Waals surface area (Å²) in [5, 5.41) is 59.0. The van der Waals surface area contributed by atoms with Crippen LogP contribution in [-0.2, 0) is 35.3 Å². The number of fused-ring (bicyclic) bond motifs is 9. The number of ketones is 2. The first-order valence-electron chi connectivity index (χ1n) is 29.6. The molecular formula is C68H86N4O7. The predicted octanol–water partition coefficient (Wildman–Crippen LogP) is 11.2. The quantitative estimate of drug-likeness (QED) is 0.0496. The van der Waals surface area contributed by atoms with Gasteiger partial charge in [-0.25, -0.2) is 0 Å². The van der Waals surface area contributed by atoms with E-state index in [-0.39, 0.29) is 66.4 Å². The van der Waals surface area contributed by atoms with E-state index in [1.165, 1.54) is 12.7 Å². The smallest absolute Gasteiger partial charge is 0.160 e. The maximum atomic E-state index is 15.3. The standard InChI is InChI=1S/C68H86N4O7/c1-6-10-60-52-30-51(29-47-20-23-61(59-12-8-7-11-46(59)16-14-42(2)3)62-38-66(78)67(79-5)34-48(62)19-22-56(74)37-65(77)63(47)33-52)58(13-9-26-73)49-24-25-70-68(35-49)72-54-21-18-45-17-15-44(27-50(45)31-54)28-57(75)41-69-39-43(4)53-32-55(71-40-53)36-64(60)76/h7-8,11-12,15,17-18,21,24,27,31-32,34-35,38,40,42-43,47,51-52,57-58,60-61,63-64,69-73,75-76,78H,6,9-10,13-14,16,19,22,25-26,28-30,33,36-37,39,41H2,1-5H3. The molecule has 11 heteroatoms. The number of ether oxygens (including phenoxy) is 1. The average Bonchev–Trinajstić information content (AvgIpc) is 3.89. The molecule has 11 nitrogen and oxygen atoms in total. The van der Waals surface area contributed by atoms with E-state index in [1.54, 1.807) is 6.07 Å². The topological polar surface area (TPSA) is 176 Å². The van der Waals surface area contributed by atoms with Gasteiger partial charge in [0, 0.05) is 68.5 Å². The molecule has 2 aliphatic carbocycles. The Morgan fingerprint density at radius 1 is 0.861 bits per heavy atom. The largest absolute Gasteiger partial charge is 0.504 e. The number of rotatable bonds is 10. The molecule has 0 spiro atoms. The number of aryl methyl sites for hydroxylation is 2. The van der Waals surface area contributed by atoms with Gasteiger partial charge in [-0.3, -0.25) is 9.59 Å². The molecule has 0 amide bonds. The van der Waals surface area contributed by atoms with Crippen molar-refractivity contribution in [1.82, 2.24) is 15.6 Å². The number of H-pyrrole nitrogens is 1. The van der Waals surface area contributed by atoms with Gasteiger partial charge < -0.3 is 46.1 Å². The number of methoxy groups -OCH3 is 1. The Kier molecular flexibility index (Phi) is 19.6. The van der Waals surface area contributed by atoms with Gasteiger partial charge in [-0.15, -0.1) is 0 Å². The third kappa shape index (κ3) is 14.4. The first kappa shape index (κ1) is 57.5. The van der Waals surface area contributed by atoms with Crippen molar-refractivity contribution in [3.63, 3.8) is 0 Å². The van der Waals surface area contributed by atoms with Crippen LogP contribution in [0.1, 0.15) is 143 Å². The van der Waals surface area contributed by atoms with Gasteiger partial charge in [0.1, 0.15) is 17.4 Å². The number of phenolic OH excluding ortho intramolecular Hbond substituents is 1. The fourth-order valence-electron chi connectivity index (χ4n) is 13.5. The molecule has 0 radical (unpaired) electrons. The van der Waals surface area contributed by atoms with E-state index >= 15 is 4.79 Å². The van der Waals surface area contributed by atoms with Crippen molar-refractivity contribution < 1.29 is 34.8 Å². The number of aromatic nitrogens is 1. The SMILES string of the molecule is CCCC1C(O)Cc2cc(c[nH]2)C(C)CNCC(O)Cc2ccc3ccc(cc3c2)NC2=CC(=CCN2)C(CCCO)C2CC3C#CC(c4ccccc4CCC(C)C)c4cc(O)c(OC)cc4CCC(=O)CC(=O)C3CC1C2. The van der Waals surface area contributed by atoms with E-state index in [4.69, 9.17) is 4.74 Å². The summed E-state index contributed by atoms with van der Waals surface area (Å²) < 4.78 is 5.65. The van der Waals surface area contributed by atoms with Gasteiger partial charge in [0.05, 0.1) is 31.7 Å². The number of hydrogen-bond acceptors (Lipinski definition) is 10. The monoisotopic (exact) mass is 1070 g/mol. The number of benzene rings is 4. The van der Waals surface area contributed by atoms with E-state index in [2.05, 4.69) is 139 Å². The van der Waals surface area contributed by atoms with Crippen LogP contribution in [0.2, 0.25) is 0 Å². The third-order valence-electron chi connectivity index (χ3n) is 17.8. The van der Waals surface area contributed by atoms with Crippen molar-refractivity contribution in [3.05, 3.63) is 148 Å². The van der Waals surface area contributed by atoms with Gasteiger partial charge in [0.2, 0.25) is 0 Å². The minimum Gasteiger partial charge on any atom is -0.504 e. The second-order valence-corrected chi connectivity index (χ2v) is 23.9. The van der Waals surface area contributed by atoms with Crippen LogP contribution in [0.5, 0.6) is 11.5 Å². The van der Waals surface area contributed by atoms with Gasteiger partial charge in [0.15, 0.2) is 11.5 Å². The van der Waals surface area contributed by atoms with Crippen LogP contribution in [0, 0.1) is 53.3 Å². The summed E-state index contributed by atoms with van der Waals surface area (Å²) in [6.45, 7) is 10.6. The molecule has 8 N–H and O–H groups in total. The van der Waals surface area contributed by atoms with E-state index < -0.39 is 30.0 Å². The van der Waals surface area contributed by atoms with Crippen LogP contribution in [0.15, 0.2) is 109 Å². The Hall–Kier alpha value is -6.16. The molecule has 5 aromatic rings. The molecular weight excluding hydrogens is 985 g/mol. The van der Waals surface area contributed by atoms with Crippen LogP contribution in [0.3, 0.4) is 0 Å². The van der Waals surface area contributed by atoms with E-state index in [1.807, 2.05) is 12.3 Å². The van der Waals surface area contributed by atoms with Crippen LogP contribution in [0.4, 0.5) is 5.69 Å². The van der Waals surface area contributed by atoms with Crippen LogP contribution < -0.4 is 20.7 Å². The maximum Gasteiger partial charge on any atom is 0.160 e. The summed E-state index contributed by atoms with van der Waals surface area (Å²) in [7, 11) is 1.53. The summed E-state index contributed by atoms with van der Waals surface area (Å²) in [5.74, 6) is 7.64. The fourth-order valence-corrected chi connectivity index (χ4v) is 13.5. The van der Waals surface area contributed by atoms with Gasteiger partial charge in [0.25, 0.3) is 0 Å². The highest BCUT2D eigenvalue weighted by molar-refractivity contribution is 6.00. The number of anilines is 1. The number of nitrogens with one attached hydrogen (secondary N) is 4. The first-order chi connectivity index (χ1) is 38.3. The Morgan fingerprint density at radius 3 is 2.51 bits per heavy atom. The summed E-state index contributed by atoms with van der Waals surface area (Å²) in [6.07, 6.45) is 13.1. The molecule has 10 unspecified atom stereocenters. The van der Waals surface area contributed by atoms with Gasteiger partial charge in [-0.05, 0) is 186 Å². The second kappa shape index (κ2) is 26.9. The molecule has 4 aliphatic rings. The second-order valence-electron chi connectivity index (χ2n) is 23.9. The third-order valence-corrected chi connectivity index (χ3v) is 17.8. The van der Waals surface area contributed by atoms with E-state index in [0.29, 0.717) is 76.2 Å². The zero-order valence-corrected chi connectivity index (χ0v) is 47.3. The van der Waals surface area contributed by atoms with Crippen molar-refractivity contribution in [2.45, 2.75) is 142 Å². The number of aliphatic hydroxyl groups excluding tert-OH is 3. The Labute approximate surface area is 469 Å². The number of hydrogen-bond donors (Lipinski definition) is 8. The van der Waals surface area contributed by atoms with Crippen molar-refractivity contribution in [1.29, 1.82) is 0 Å². The van der Waals surface area contributed by atoms with Crippen molar-refractivity contribution in [2.75, 3.05) is 38.7 Å². The summed E-state index contributed by atoms with van der Waals surface area (Å²) in [5.41, 5.74) is 9.19. The summed E-state index contributed by atoms with van der Waals surface area (Å²) in [4.78, 5) is 33.1. The van der Waals surface area contributed by atoms with Crippen LogP contribution >= 0.6 is 0 Å². The van der Waals surface area contributed by atoms with Gasteiger partial charge >= 0.3 is 0 Å². The average molecular weight is 1070 g/mol. The highest BCUT2D eigenvalue weighted by Gasteiger charge is 2.43. The molecule has 420 valence electrons. The predicted molar refractivity (Wildman–Crippen MR) is 316 cm³/mol. The number of aromatic hydroxyl groups is 1. The summed E-state index contributed by atoms with van der Waals surface area (Å²) >= 11 is 0. The van der Waals surface area contributed by atoms with Crippen molar-refractivity contribution in [3.8, 4) is 23.3 Å². The van der Waals surface area contributed by atoms with Crippen molar-refractivity contribution in [2.24, 2.45) is 41.4 Å². The molecule has 2 aliphatic heterocycles. The van der Waals surface area contributed by atoms with Gasteiger partial charge in [-0.1, -0.05) is 101 Å². The molecule has 4 aromatic carbocycles. The molecule has 1 saturated carbocycles. The minimum absolute atomic E-state index is 0.00241. The van der Waals surface area contributed by atoms with E-state index in [0.717, 1.165) is 93.5 Å². The number of phenols is 1. The van der Waals surface area contributed by atoms with Crippen molar-refractivity contribution >= 4 is 28.0 Å². The molecule has 1 fully saturated rings. The van der Waals surface area contributed by atoms with Crippen LogP contribution in [-0.4, -0.2) is 82.5 Å². The number of aliphatic hydroxyl groups is 3. The molecule has 0 saturated heterocycles. The Balaban J connectivity index is 1.19. The lowest BCUT2D eigenvalue weighted by molar-refractivity contribution is -0.130. The molecule has 1 aromatic heterocycles. The first-order valence-corrected chi connectivity index (χ1v) is 29.6. The molecule has 79 heavy (non-hydrogen) atoms. The zero-order chi connectivity index (χ0) is 55.6. The number of aromatic amines is 1. The Morgan fingerprint density at radius 2 is 1.70 bits per heavy atom. The van der Waals surface area contributed by atoms with E-state index in [9.17, 15) is 25.2 Å². The molecule has 9 rings (SSSR count). The zero-order valence-electron chi connectivity index (χ0n) is 47.3. The van der Waals surface area contributed by atoms with Crippen LogP contribution in [0.25, 0.3) is 10.8 Å². The molecule has 9 bridgehead atoms. The lowest BCUT2D eigenvalue weighted by atomic mass is 9.71. The lowest BCUT2D eigenvalue weighted by Gasteiger charge is -2.36. The molecule has 3 heterocycles. The normalized spacial score (nSPS) is 26.3. The maximum absolute atomic E-state index is 15.3. The van der Waals surface area contributed by atoms with Gasteiger partial charge in [-0.2, -0.15) is 0 Å². The summed E-state index contributed by atoms with van der Waals surface area (Å²) in [6, 6.07) is 27.0. The minimum atomic E-state index is -0.714. The molecule has 10 atom stereocenters. The number of allylic oxidation sites excluding steroid dienone is 2. The highest BCUT2D eigenvalue weighted by Crippen LogP contribution is 2.48. The lowest BCUT2D eigenvalue weighted by Crippen LogP contribution is -2.34. The number of carbonyl (C=O) groups is 2.